The van der Waals surface area contributed by atoms with Crippen molar-refractivity contribution in [3.8, 4) is 16.9 Å². The number of likely N-dealkylation sites (N-methyl/N-ethyl adjacent to an activating group) is 2. The zero-order chi connectivity index (χ0) is 28.2. The quantitative estimate of drug-likeness (QED) is 0.184. The van der Waals surface area contributed by atoms with Crippen LogP contribution >= 0.6 is 0 Å². The van der Waals surface area contributed by atoms with E-state index in [9.17, 15) is 4.79 Å². The third-order valence-corrected chi connectivity index (χ3v) is 6.95. The Morgan fingerprint density at radius 1 is 0.950 bits per heavy atom. The van der Waals surface area contributed by atoms with Gasteiger partial charge in [0.25, 0.3) is 0 Å². The Kier molecular flexibility index (Phi) is 7.70. The minimum atomic E-state index is -0.287. The van der Waals surface area contributed by atoms with Crippen LogP contribution in [0.3, 0.4) is 0 Å². The number of amides is 1. The van der Waals surface area contributed by atoms with E-state index >= 15 is 0 Å². The van der Waals surface area contributed by atoms with Crippen LogP contribution in [0, 0.1) is 0 Å². The van der Waals surface area contributed by atoms with Crippen molar-refractivity contribution in [3.05, 3.63) is 85.5 Å². The summed E-state index contributed by atoms with van der Waals surface area (Å²) < 4.78 is 5.75. The number of H-pyrrole nitrogens is 1. The number of nitrogens with zero attached hydrogens (tertiary/aromatic N) is 3. The lowest BCUT2D eigenvalue weighted by molar-refractivity contribution is -0.111. The largest absolute Gasteiger partial charge is 0.494 e. The number of aromatic nitrogens is 2. The Hall–Kier alpha value is -4.82. The highest BCUT2D eigenvalue weighted by molar-refractivity contribution is 6.03. The van der Waals surface area contributed by atoms with Crippen LogP contribution < -0.4 is 20.3 Å². The van der Waals surface area contributed by atoms with Crippen molar-refractivity contribution in [1.29, 1.82) is 0 Å². The third-order valence-electron chi connectivity index (χ3n) is 6.95. The Bertz CT molecular complexity index is 1690. The van der Waals surface area contributed by atoms with Gasteiger partial charge >= 0.3 is 0 Å². The molecule has 0 saturated carbocycles. The summed E-state index contributed by atoms with van der Waals surface area (Å²) in [7, 11) is 7.68. The highest BCUT2D eigenvalue weighted by atomic mass is 16.5. The van der Waals surface area contributed by atoms with Crippen molar-refractivity contribution in [2.75, 3.05) is 56.9 Å². The summed E-state index contributed by atoms with van der Waals surface area (Å²) in [5.41, 5.74) is 5.32. The number of methoxy groups -OCH3 is 1. The average Bonchev–Trinajstić information content (AvgIpc) is 3.37. The molecule has 0 spiro atoms. The summed E-state index contributed by atoms with van der Waals surface area (Å²) in [4.78, 5) is 16.5. The van der Waals surface area contributed by atoms with Gasteiger partial charge in [-0.15, -0.1) is 0 Å². The van der Waals surface area contributed by atoms with Gasteiger partial charge in [0.1, 0.15) is 5.75 Å². The summed E-state index contributed by atoms with van der Waals surface area (Å²) in [5, 5.41) is 17.4. The summed E-state index contributed by atoms with van der Waals surface area (Å²) in [6.07, 6.45) is 1.26. The maximum absolute atomic E-state index is 12.3. The molecular formula is C32H34N6O2. The molecule has 0 unspecified atom stereocenters. The molecule has 0 aliphatic heterocycles. The molecule has 1 aromatic heterocycles. The molecule has 0 atom stereocenters. The topological polar surface area (TPSA) is 85.5 Å². The van der Waals surface area contributed by atoms with Crippen LogP contribution in [-0.4, -0.2) is 62.3 Å². The Morgan fingerprint density at radius 3 is 2.45 bits per heavy atom. The molecule has 204 valence electrons. The molecule has 4 aromatic carbocycles. The molecule has 5 aromatic rings. The smallest absolute Gasteiger partial charge is 0.247 e. The summed E-state index contributed by atoms with van der Waals surface area (Å²) in [5.74, 6) is 1.00. The predicted molar refractivity (Wildman–Crippen MR) is 166 cm³/mol. The van der Waals surface area contributed by atoms with E-state index < -0.39 is 0 Å². The van der Waals surface area contributed by atoms with Gasteiger partial charge in [0.15, 0.2) is 5.82 Å². The van der Waals surface area contributed by atoms with Crippen LogP contribution in [0.4, 0.5) is 22.9 Å². The highest BCUT2D eigenvalue weighted by Crippen LogP contribution is 2.39. The van der Waals surface area contributed by atoms with Crippen LogP contribution in [0.1, 0.15) is 0 Å². The minimum Gasteiger partial charge on any atom is -0.494 e. The second-order valence-corrected chi connectivity index (χ2v) is 10.0. The Balaban J connectivity index is 1.47. The van der Waals surface area contributed by atoms with Crippen LogP contribution in [0.2, 0.25) is 0 Å². The molecule has 8 nitrogen and oxygen atoms in total. The molecule has 0 saturated heterocycles. The molecule has 40 heavy (non-hydrogen) atoms. The predicted octanol–water partition coefficient (Wildman–Crippen LogP) is 6.26. The highest BCUT2D eigenvalue weighted by Gasteiger charge is 2.17. The van der Waals surface area contributed by atoms with Crippen molar-refractivity contribution < 1.29 is 9.53 Å². The molecule has 0 aliphatic carbocycles. The lowest BCUT2D eigenvalue weighted by atomic mass is 10.0. The first-order valence-corrected chi connectivity index (χ1v) is 13.1. The van der Waals surface area contributed by atoms with Crippen molar-refractivity contribution >= 4 is 50.5 Å². The minimum absolute atomic E-state index is 0.287. The first kappa shape index (κ1) is 26.8. The molecule has 0 bridgehead atoms. The first-order valence-electron chi connectivity index (χ1n) is 13.1. The van der Waals surface area contributed by atoms with Crippen LogP contribution in [0.5, 0.6) is 5.75 Å². The number of aromatic amines is 1. The molecule has 0 radical (unpaired) electrons. The monoisotopic (exact) mass is 534 g/mol. The van der Waals surface area contributed by atoms with E-state index in [1.165, 1.54) is 16.8 Å². The van der Waals surface area contributed by atoms with Crippen LogP contribution in [-0.2, 0) is 4.79 Å². The van der Waals surface area contributed by atoms with Crippen molar-refractivity contribution in [2.45, 2.75) is 0 Å². The molecule has 8 heteroatoms. The molecular weight excluding hydrogens is 500 g/mol. The van der Waals surface area contributed by atoms with Gasteiger partial charge in [-0.3, -0.25) is 9.89 Å². The number of anilines is 4. The van der Waals surface area contributed by atoms with Crippen LogP contribution in [0.25, 0.3) is 32.8 Å². The zero-order valence-electron chi connectivity index (χ0n) is 23.3. The Labute approximate surface area is 234 Å². The third kappa shape index (κ3) is 5.62. The maximum Gasteiger partial charge on any atom is 0.247 e. The SMILES string of the molecule is C=CC(=O)Nc1cc(Nc2n[nH]c3cc(-c4ccc5ccccc5c4)ccc23)c(OC)cc1N(C)CCN(C)C. The van der Waals surface area contributed by atoms with Gasteiger partial charge in [0, 0.05) is 31.6 Å². The second kappa shape index (κ2) is 11.5. The number of benzene rings is 4. The van der Waals surface area contributed by atoms with Gasteiger partial charge in [-0.25, -0.2) is 0 Å². The fourth-order valence-electron chi connectivity index (χ4n) is 4.70. The lowest BCUT2D eigenvalue weighted by Crippen LogP contribution is -2.29. The first-order chi connectivity index (χ1) is 19.4. The van der Waals surface area contributed by atoms with Crippen LogP contribution in [0.15, 0.2) is 85.5 Å². The lowest BCUT2D eigenvalue weighted by Gasteiger charge is -2.26. The molecule has 0 aliphatic rings. The normalized spacial score (nSPS) is 11.1. The van der Waals surface area contributed by atoms with Crippen molar-refractivity contribution in [2.24, 2.45) is 0 Å². The molecule has 1 heterocycles. The van der Waals surface area contributed by atoms with E-state index in [0.29, 0.717) is 22.9 Å². The summed E-state index contributed by atoms with van der Waals surface area (Å²) in [6.45, 7) is 5.22. The molecule has 0 fully saturated rings. The van der Waals surface area contributed by atoms with Gasteiger partial charge < -0.3 is 25.2 Å². The number of carbonyl (C=O) groups is 1. The number of hydrogen-bond acceptors (Lipinski definition) is 6. The number of rotatable bonds is 10. The number of nitrogens with one attached hydrogen (secondary N) is 3. The van der Waals surface area contributed by atoms with E-state index in [1.807, 2.05) is 33.3 Å². The second-order valence-electron chi connectivity index (χ2n) is 10.0. The number of fused-ring (bicyclic) bond motifs is 2. The van der Waals surface area contributed by atoms with Gasteiger partial charge in [-0.05, 0) is 66.3 Å². The van der Waals surface area contributed by atoms with E-state index in [-0.39, 0.29) is 5.91 Å². The Morgan fingerprint density at radius 2 is 1.70 bits per heavy atom. The molecule has 1 amide bonds. The van der Waals surface area contributed by atoms with Gasteiger partial charge in [-0.2, -0.15) is 5.10 Å². The van der Waals surface area contributed by atoms with E-state index in [1.54, 1.807) is 7.11 Å². The summed E-state index contributed by atoms with van der Waals surface area (Å²) in [6, 6.07) is 24.9. The fraction of sp³-hybridized carbons (Fsp3) is 0.188. The van der Waals surface area contributed by atoms with Crippen molar-refractivity contribution in [1.82, 2.24) is 15.1 Å². The molecule has 5 rings (SSSR count). The average molecular weight is 535 g/mol. The zero-order valence-corrected chi connectivity index (χ0v) is 23.3. The maximum atomic E-state index is 12.3. The van der Waals surface area contributed by atoms with Crippen molar-refractivity contribution in [3.63, 3.8) is 0 Å². The molecule has 3 N–H and O–H groups in total. The van der Waals surface area contributed by atoms with E-state index in [4.69, 9.17) is 4.74 Å². The number of hydrogen-bond donors (Lipinski definition) is 3. The standard InChI is InChI=1S/C32H34N6O2/c1-6-31(39)33-27-19-28(30(40-5)20-29(27)38(4)16-15-37(2)3)34-32-25-14-13-24(18-26(25)35-36-32)23-12-11-21-9-7-8-10-22(21)17-23/h6-14,17-20H,1,15-16H2,2-5H3,(H,33,39)(H2,34,35,36). The van der Waals surface area contributed by atoms with Gasteiger partial charge in [0.05, 0.1) is 29.7 Å². The fourth-order valence-corrected chi connectivity index (χ4v) is 4.70. The number of ether oxygens (including phenoxy) is 1. The van der Waals surface area contributed by atoms with E-state index in [2.05, 4.69) is 97.9 Å². The van der Waals surface area contributed by atoms with Gasteiger partial charge in [0.2, 0.25) is 5.91 Å². The van der Waals surface area contributed by atoms with E-state index in [0.717, 1.165) is 40.8 Å². The number of carbonyl (C=O) groups excluding carboxylic acids is 1. The van der Waals surface area contributed by atoms with Gasteiger partial charge in [-0.1, -0.05) is 49.0 Å². The summed E-state index contributed by atoms with van der Waals surface area (Å²) >= 11 is 0.